The van der Waals surface area contributed by atoms with Crippen LogP contribution < -0.4 is 0 Å². The first-order valence-corrected chi connectivity index (χ1v) is 6.86. The van der Waals surface area contributed by atoms with Crippen molar-refractivity contribution in [2.24, 2.45) is 0 Å². The van der Waals surface area contributed by atoms with Gasteiger partial charge in [0.25, 0.3) is 0 Å². The smallest absolute Gasteiger partial charge is 0.0917 e. The van der Waals surface area contributed by atoms with Gasteiger partial charge in [0, 0.05) is 22.5 Å². The van der Waals surface area contributed by atoms with Gasteiger partial charge < -0.3 is 9.84 Å². The molecular weight excluding hydrogens is 276 g/mol. The van der Waals surface area contributed by atoms with E-state index >= 15 is 0 Å². The van der Waals surface area contributed by atoms with E-state index in [0.29, 0.717) is 6.10 Å². The third kappa shape index (κ3) is 2.28. The molecule has 0 spiro atoms. The van der Waals surface area contributed by atoms with Crippen LogP contribution in [0.4, 0.5) is 0 Å². The van der Waals surface area contributed by atoms with Crippen LogP contribution in [-0.4, -0.2) is 18.3 Å². The summed E-state index contributed by atoms with van der Waals surface area (Å²) in [5.74, 6) is 0. The molecule has 0 aromatic carbocycles. The van der Waals surface area contributed by atoms with Crippen LogP contribution in [0.3, 0.4) is 0 Å². The molecule has 1 heterocycles. The first-order valence-electron chi connectivity index (χ1n) is 5.13. The highest BCUT2D eigenvalue weighted by Crippen LogP contribution is 2.42. The van der Waals surface area contributed by atoms with Crippen molar-refractivity contribution < 1.29 is 9.84 Å². The van der Waals surface area contributed by atoms with Gasteiger partial charge in [-0.2, -0.15) is 11.3 Å². The Morgan fingerprint density at radius 2 is 2.13 bits per heavy atom. The molecular formula is C11H15BrO2S. The molecule has 2 nitrogen and oxygen atoms in total. The molecule has 0 radical (unpaired) electrons. The number of rotatable bonds is 2. The Hall–Kier alpha value is 0.100. The predicted octanol–water partition coefficient (Wildman–Crippen LogP) is 3.29. The van der Waals surface area contributed by atoms with E-state index < -0.39 is 5.60 Å². The SMILES string of the molecule is COC1CCC(O)(c2cscc2Br)CC1. The summed E-state index contributed by atoms with van der Waals surface area (Å²) >= 11 is 5.12. The average molecular weight is 291 g/mol. The Morgan fingerprint density at radius 3 is 2.60 bits per heavy atom. The van der Waals surface area contributed by atoms with Crippen molar-refractivity contribution in [1.29, 1.82) is 0 Å². The molecule has 0 aliphatic heterocycles. The largest absolute Gasteiger partial charge is 0.385 e. The zero-order valence-corrected chi connectivity index (χ0v) is 11.1. The molecule has 15 heavy (non-hydrogen) atoms. The van der Waals surface area contributed by atoms with Gasteiger partial charge >= 0.3 is 0 Å². The monoisotopic (exact) mass is 290 g/mol. The summed E-state index contributed by atoms with van der Waals surface area (Å²) in [6, 6.07) is 0. The van der Waals surface area contributed by atoms with Crippen molar-refractivity contribution in [3.05, 3.63) is 20.8 Å². The topological polar surface area (TPSA) is 29.5 Å². The maximum Gasteiger partial charge on any atom is 0.0917 e. The summed E-state index contributed by atoms with van der Waals surface area (Å²) in [5.41, 5.74) is 0.399. The molecule has 0 bridgehead atoms. The molecule has 1 saturated carbocycles. The highest BCUT2D eigenvalue weighted by molar-refractivity contribution is 9.10. The minimum Gasteiger partial charge on any atom is -0.385 e. The Balaban J connectivity index is 2.13. The van der Waals surface area contributed by atoms with Gasteiger partial charge in [-0.05, 0) is 47.0 Å². The number of hydrogen-bond acceptors (Lipinski definition) is 3. The van der Waals surface area contributed by atoms with Crippen LogP contribution in [-0.2, 0) is 10.3 Å². The van der Waals surface area contributed by atoms with Crippen LogP contribution in [0.1, 0.15) is 31.2 Å². The van der Waals surface area contributed by atoms with Crippen molar-refractivity contribution in [3.63, 3.8) is 0 Å². The molecule has 84 valence electrons. The zero-order valence-electron chi connectivity index (χ0n) is 8.70. The fourth-order valence-electron chi connectivity index (χ4n) is 2.19. The van der Waals surface area contributed by atoms with Gasteiger partial charge in [0.05, 0.1) is 11.7 Å². The second-order valence-corrected chi connectivity index (χ2v) is 5.70. The second kappa shape index (κ2) is 4.53. The highest BCUT2D eigenvalue weighted by atomic mass is 79.9. The summed E-state index contributed by atoms with van der Waals surface area (Å²) in [4.78, 5) is 0. The van der Waals surface area contributed by atoms with Crippen molar-refractivity contribution in [2.75, 3.05) is 7.11 Å². The molecule has 1 aliphatic carbocycles. The third-order valence-corrected chi connectivity index (χ3v) is 4.91. The van der Waals surface area contributed by atoms with Crippen molar-refractivity contribution >= 4 is 27.3 Å². The molecule has 4 heteroatoms. The molecule has 1 aliphatic rings. The minimum atomic E-state index is -0.645. The van der Waals surface area contributed by atoms with E-state index in [9.17, 15) is 5.11 Å². The number of aliphatic hydroxyl groups is 1. The minimum absolute atomic E-state index is 0.322. The van der Waals surface area contributed by atoms with Crippen LogP contribution in [0.15, 0.2) is 15.2 Å². The van der Waals surface area contributed by atoms with Gasteiger partial charge in [0.2, 0.25) is 0 Å². The maximum absolute atomic E-state index is 10.5. The van der Waals surface area contributed by atoms with E-state index in [1.54, 1.807) is 18.4 Å². The third-order valence-electron chi connectivity index (χ3n) is 3.21. The number of halogens is 1. The lowest BCUT2D eigenvalue weighted by Gasteiger charge is -2.35. The second-order valence-electron chi connectivity index (χ2n) is 4.10. The molecule has 1 aromatic rings. The Morgan fingerprint density at radius 1 is 1.47 bits per heavy atom. The van der Waals surface area contributed by atoms with Gasteiger partial charge in [-0.3, -0.25) is 0 Å². The Labute approximate surface area is 102 Å². The molecule has 0 saturated heterocycles. The lowest BCUT2D eigenvalue weighted by Crippen LogP contribution is -2.33. The van der Waals surface area contributed by atoms with E-state index in [0.717, 1.165) is 35.7 Å². The first-order chi connectivity index (χ1) is 7.15. The Bertz CT molecular complexity index is 329. The van der Waals surface area contributed by atoms with Crippen LogP contribution >= 0.6 is 27.3 Å². The molecule has 1 fully saturated rings. The fourth-order valence-corrected chi connectivity index (χ4v) is 3.94. The van der Waals surface area contributed by atoms with E-state index in [-0.39, 0.29) is 0 Å². The number of ether oxygens (including phenoxy) is 1. The molecule has 1 N–H and O–H groups in total. The summed E-state index contributed by atoms with van der Waals surface area (Å²) in [5, 5.41) is 14.6. The van der Waals surface area contributed by atoms with Crippen LogP contribution in [0.5, 0.6) is 0 Å². The van der Waals surface area contributed by atoms with Crippen molar-refractivity contribution in [2.45, 2.75) is 37.4 Å². The van der Waals surface area contributed by atoms with Gasteiger partial charge in [0.15, 0.2) is 0 Å². The van der Waals surface area contributed by atoms with E-state index in [4.69, 9.17) is 4.74 Å². The summed E-state index contributed by atoms with van der Waals surface area (Å²) in [6.07, 6.45) is 3.79. The Kier molecular flexibility index (Phi) is 3.50. The molecule has 0 atom stereocenters. The van der Waals surface area contributed by atoms with Crippen LogP contribution in [0.2, 0.25) is 0 Å². The summed E-state index contributed by atoms with van der Waals surface area (Å²) in [7, 11) is 1.75. The van der Waals surface area contributed by atoms with Crippen LogP contribution in [0, 0.1) is 0 Å². The normalized spacial score (nSPS) is 31.8. The highest BCUT2D eigenvalue weighted by Gasteiger charge is 2.36. The van der Waals surface area contributed by atoms with E-state index in [1.807, 2.05) is 10.8 Å². The van der Waals surface area contributed by atoms with Gasteiger partial charge in [0.1, 0.15) is 0 Å². The lowest BCUT2D eigenvalue weighted by molar-refractivity contribution is -0.0475. The maximum atomic E-state index is 10.5. The zero-order chi connectivity index (χ0) is 10.9. The van der Waals surface area contributed by atoms with Crippen LogP contribution in [0.25, 0.3) is 0 Å². The molecule has 1 aromatic heterocycles. The molecule has 2 rings (SSSR count). The average Bonchev–Trinajstić information content (AvgIpc) is 2.66. The molecule has 0 amide bonds. The summed E-state index contributed by atoms with van der Waals surface area (Å²) < 4.78 is 6.35. The van der Waals surface area contributed by atoms with Crippen molar-refractivity contribution in [1.82, 2.24) is 0 Å². The number of thiophene rings is 1. The molecule has 0 unspecified atom stereocenters. The van der Waals surface area contributed by atoms with Crippen molar-refractivity contribution in [3.8, 4) is 0 Å². The number of hydrogen-bond donors (Lipinski definition) is 1. The standard InChI is InChI=1S/C11H15BrO2S/c1-14-8-2-4-11(13,5-3-8)9-6-15-7-10(9)12/h6-8,13H,2-5H2,1H3. The first kappa shape index (κ1) is 11.6. The van der Waals surface area contributed by atoms with Gasteiger partial charge in [-0.1, -0.05) is 0 Å². The van der Waals surface area contributed by atoms with Gasteiger partial charge in [-0.25, -0.2) is 0 Å². The predicted molar refractivity (Wildman–Crippen MR) is 65.2 cm³/mol. The van der Waals surface area contributed by atoms with Gasteiger partial charge in [-0.15, -0.1) is 0 Å². The van der Waals surface area contributed by atoms with E-state index in [1.165, 1.54) is 0 Å². The fraction of sp³-hybridized carbons (Fsp3) is 0.636. The summed E-state index contributed by atoms with van der Waals surface area (Å²) in [6.45, 7) is 0. The van der Waals surface area contributed by atoms with E-state index in [2.05, 4.69) is 15.9 Å². The lowest BCUT2D eigenvalue weighted by atomic mass is 9.79. The quantitative estimate of drug-likeness (QED) is 0.906. The number of methoxy groups -OCH3 is 1.